The maximum absolute atomic E-state index is 13.6. The summed E-state index contributed by atoms with van der Waals surface area (Å²) in [5.41, 5.74) is 0.550. The second-order valence-electron chi connectivity index (χ2n) is 4.51. The first-order valence-electron chi connectivity index (χ1n) is 6.06. The molecule has 0 spiro atoms. The summed E-state index contributed by atoms with van der Waals surface area (Å²) in [6, 6.07) is 7.12. The van der Waals surface area contributed by atoms with Crippen LogP contribution in [0.2, 0.25) is 0 Å². The van der Waals surface area contributed by atoms with Crippen molar-refractivity contribution in [1.29, 1.82) is 5.26 Å². The predicted molar refractivity (Wildman–Crippen MR) is 78.8 cm³/mol. The summed E-state index contributed by atoms with van der Waals surface area (Å²) in [4.78, 5) is 0.609. The molecule has 1 aromatic heterocycles. The zero-order valence-corrected chi connectivity index (χ0v) is 13.1. The first-order chi connectivity index (χ1) is 9.87. The number of thiophene rings is 1. The molecule has 110 valence electrons. The van der Waals surface area contributed by atoms with Gasteiger partial charge < -0.3 is 0 Å². The van der Waals surface area contributed by atoms with Crippen molar-refractivity contribution in [2.75, 3.05) is 7.05 Å². The molecule has 0 amide bonds. The third-order valence-corrected chi connectivity index (χ3v) is 5.96. The van der Waals surface area contributed by atoms with Crippen LogP contribution in [0.3, 0.4) is 0 Å². The SMILES string of the molecule is Cc1ccsc1CN(C)S(=O)(=O)c1cccc(F)c1C#N. The van der Waals surface area contributed by atoms with Gasteiger partial charge >= 0.3 is 0 Å². The number of rotatable bonds is 4. The highest BCUT2D eigenvalue weighted by molar-refractivity contribution is 7.89. The lowest BCUT2D eigenvalue weighted by Crippen LogP contribution is -2.27. The van der Waals surface area contributed by atoms with Crippen molar-refractivity contribution in [1.82, 2.24) is 4.31 Å². The smallest absolute Gasteiger partial charge is 0.207 e. The minimum Gasteiger partial charge on any atom is -0.207 e. The lowest BCUT2D eigenvalue weighted by atomic mass is 10.2. The normalized spacial score (nSPS) is 11.6. The maximum Gasteiger partial charge on any atom is 0.244 e. The van der Waals surface area contributed by atoms with Gasteiger partial charge in [-0.3, -0.25) is 0 Å². The van der Waals surface area contributed by atoms with Gasteiger partial charge in [-0.1, -0.05) is 6.07 Å². The number of benzene rings is 1. The van der Waals surface area contributed by atoms with Crippen LogP contribution in [0.4, 0.5) is 4.39 Å². The van der Waals surface area contributed by atoms with Crippen molar-refractivity contribution in [3.8, 4) is 6.07 Å². The van der Waals surface area contributed by atoms with Gasteiger partial charge in [-0.25, -0.2) is 12.8 Å². The van der Waals surface area contributed by atoms with Crippen LogP contribution in [-0.2, 0) is 16.6 Å². The van der Waals surface area contributed by atoms with E-state index in [1.54, 1.807) is 6.07 Å². The third kappa shape index (κ3) is 2.97. The first-order valence-corrected chi connectivity index (χ1v) is 8.38. The van der Waals surface area contributed by atoms with Crippen LogP contribution in [0.1, 0.15) is 16.0 Å². The van der Waals surface area contributed by atoms with Crippen LogP contribution < -0.4 is 0 Å². The Kier molecular flexibility index (Phi) is 4.42. The van der Waals surface area contributed by atoms with E-state index in [2.05, 4.69) is 0 Å². The summed E-state index contributed by atoms with van der Waals surface area (Å²) in [5, 5.41) is 10.9. The molecule has 0 saturated carbocycles. The van der Waals surface area contributed by atoms with Crippen molar-refractivity contribution < 1.29 is 12.8 Å². The van der Waals surface area contributed by atoms with Crippen molar-refractivity contribution in [3.05, 3.63) is 51.5 Å². The lowest BCUT2D eigenvalue weighted by Gasteiger charge is -2.17. The second-order valence-corrected chi connectivity index (χ2v) is 7.53. The highest BCUT2D eigenvalue weighted by Crippen LogP contribution is 2.24. The molecular formula is C14H13FN2O2S2. The van der Waals surface area contributed by atoms with Gasteiger partial charge in [0.25, 0.3) is 0 Å². The molecule has 0 radical (unpaired) electrons. The minimum atomic E-state index is -3.92. The van der Waals surface area contributed by atoms with Crippen molar-refractivity contribution in [2.45, 2.75) is 18.4 Å². The quantitative estimate of drug-likeness (QED) is 0.869. The van der Waals surface area contributed by atoms with Gasteiger partial charge in [0.15, 0.2) is 0 Å². The van der Waals surface area contributed by atoms with Crippen molar-refractivity contribution in [3.63, 3.8) is 0 Å². The molecule has 1 heterocycles. The Bertz CT molecular complexity index is 807. The van der Waals surface area contributed by atoms with E-state index in [1.165, 1.54) is 30.5 Å². The van der Waals surface area contributed by atoms with E-state index < -0.39 is 21.4 Å². The largest absolute Gasteiger partial charge is 0.244 e. The summed E-state index contributed by atoms with van der Waals surface area (Å²) in [6.07, 6.45) is 0. The van der Waals surface area contributed by atoms with E-state index in [0.29, 0.717) is 0 Å². The number of aryl methyl sites for hydroxylation is 1. The maximum atomic E-state index is 13.6. The third-order valence-electron chi connectivity index (χ3n) is 3.11. The van der Waals surface area contributed by atoms with Gasteiger partial charge in [0, 0.05) is 18.5 Å². The molecule has 0 aliphatic rings. The van der Waals surface area contributed by atoms with Crippen LogP contribution in [0.5, 0.6) is 0 Å². The van der Waals surface area contributed by atoms with Gasteiger partial charge in [0.05, 0.1) is 0 Å². The fraction of sp³-hybridized carbons (Fsp3) is 0.214. The van der Waals surface area contributed by atoms with Crippen molar-refractivity contribution >= 4 is 21.4 Å². The van der Waals surface area contributed by atoms with E-state index in [1.807, 2.05) is 18.4 Å². The number of hydrogen-bond acceptors (Lipinski definition) is 4. The van der Waals surface area contributed by atoms with Crippen LogP contribution in [0.15, 0.2) is 34.5 Å². The number of halogens is 1. The van der Waals surface area contributed by atoms with Gasteiger partial charge in [0.2, 0.25) is 10.0 Å². The number of hydrogen-bond donors (Lipinski definition) is 0. The van der Waals surface area contributed by atoms with Gasteiger partial charge in [-0.05, 0) is 36.1 Å². The highest BCUT2D eigenvalue weighted by Gasteiger charge is 2.26. The molecule has 0 fully saturated rings. The highest BCUT2D eigenvalue weighted by atomic mass is 32.2. The topological polar surface area (TPSA) is 61.2 Å². The Morgan fingerprint density at radius 3 is 2.67 bits per heavy atom. The minimum absolute atomic E-state index is 0.188. The van der Waals surface area contributed by atoms with Crippen LogP contribution >= 0.6 is 11.3 Å². The van der Waals surface area contributed by atoms with E-state index in [-0.39, 0.29) is 11.4 Å². The molecule has 2 aromatic rings. The number of sulfonamides is 1. The molecule has 0 unspecified atom stereocenters. The molecule has 0 saturated heterocycles. The average molecular weight is 324 g/mol. The Morgan fingerprint density at radius 1 is 1.38 bits per heavy atom. The van der Waals surface area contributed by atoms with Gasteiger partial charge in [-0.2, -0.15) is 9.57 Å². The molecule has 0 N–H and O–H groups in total. The average Bonchev–Trinajstić information content (AvgIpc) is 2.84. The van der Waals surface area contributed by atoms with Gasteiger partial charge in [-0.15, -0.1) is 11.3 Å². The molecular weight excluding hydrogens is 311 g/mol. The van der Waals surface area contributed by atoms with E-state index in [9.17, 15) is 12.8 Å². The van der Waals surface area contributed by atoms with E-state index >= 15 is 0 Å². The Morgan fingerprint density at radius 2 is 2.10 bits per heavy atom. The summed E-state index contributed by atoms with van der Waals surface area (Å²) in [7, 11) is -2.50. The lowest BCUT2D eigenvalue weighted by molar-refractivity contribution is 0.468. The standard InChI is InChI=1S/C14H13FN2O2S2/c1-10-6-7-20-13(10)9-17(2)21(18,19)14-5-3-4-12(15)11(14)8-16/h3-7H,9H2,1-2H3. The first kappa shape index (κ1) is 15.6. The Hall–Kier alpha value is -1.75. The fourth-order valence-electron chi connectivity index (χ4n) is 1.85. The van der Waals surface area contributed by atoms with Gasteiger partial charge in [0.1, 0.15) is 22.3 Å². The molecule has 21 heavy (non-hydrogen) atoms. The van der Waals surface area contributed by atoms with Crippen LogP contribution in [-0.4, -0.2) is 19.8 Å². The summed E-state index contributed by atoms with van der Waals surface area (Å²) in [6.45, 7) is 2.09. The zero-order valence-electron chi connectivity index (χ0n) is 11.5. The molecule has 0 atom stereocenters. The molecule has 0 bridgehead atoms. The second kappa shape index (κ2) is 5.93. The molecule has 0 aliphatic carbocycles. The van der Waals surface area contributed by atoms with Crippen LogP contribution in [0, 0.1) is 24.1 Å². The molecule has 0 aliphatic heterocycles. The summed E-state index contributed by atoms with van der Waals surface area (Å²) < 4.78 is 39.7. The predicted octanol–water partition coefficient (Wildman–Crippen LogP) is 2.89. The Labute approximate surface area is 127 Å². The van der Waals surface area contributed by atoms with Crippen molar-refractivity contribution in [2.24, 2.45) is 0 Å². The monoisotopic (exact) mass is 324 g/mol. The summed E-state index contributed by atoms with van der Waals surface area (Å²) >= 11 is 1.46. The molecule has 4 nitrogen and oxygen atoms in total. The van der Waals surface area contributed by atoms with E-state index in [0.717, 1.165) is 20.8 Å². The summed E-state index contributed by atoms with van der Waals surface area (Å²) in [5.74, 6) is -0.834. The number of nitrogens with zero attached hydrogens (tertiary/aromatic N) is 2. The molecule has 1 aromatic carbocycles. The van der Waals surface area contributed by atoms with Crippen LogP contribution in [0.25, 0.3) is 0 Å². The Balaban J connectivity index is 2.41. The zero-order chi connectivity index (χ0) is 15.6. The fourth-order valence-corrected chi connectivity index (χ4v) is 4.18. The van der Waals surface area contributed by atoms with E-state index in [4.69, 9.17) is 5.26 Å². The molecule has 2 rings (SSSR count). The number of nitriles is 1. The molecule has 7 heteroatoms.